The summed E-state index contributed by atoms with van der Waals surface area (Å²) >= 11 is 0. The van der Waals surface area contributed by atoms with Gasteiger partial charge >= 0.3 is 14.8 Å². The van der Waals surface area contributed by atoms with Crippen LogP contribution in [-0.2, 0) is 27.5 Å². The van der Waals surface area contributed by atoms with Crippen LogP contribution in [0.25, 0.3) is 0 Å². The molecule has 0 aliphatic rings. The van der Waals surface area contributed by atoms with Gasteiger partial charge in [-0.15, -0.1) is 0 Å². The van der Waals surface area contributed by atoms with Crippen molar-refractivity contribution in [2.45, 2.75) is 144 Å². The van der Waals surface area contributed by atoms with Gasteiger partial charge in [0.25, 0.3) is 0 Å². The summed E-state index contributed by atoms with van der Waals surface area (Å²) in [6, 6.07) is 0.692. The number of ether oxygens (including phenoxy) is 3. The number of hydrogen-bond donors (Lipinski definition) is 0. The summed E-state index contributed by atoms with van der Waals surface area (Å²) in [6.07, 6.45) is 8.89. The maximum absolute atomic E-state index is 7.21. The van der Waals surface area contributed by atoms with Crippen molar-refractivity contribution in [3.05, 3.63) is 0 Å². The van der Waals surface area contributed by atoms with E-state index < -0.39 is 20.4 Å². The van der Waals surface area contributed by atoms with Gasteiger partial charge in [0.15, 0.2) is 0 Å². The van der Waals surface area contributed by atoms with Crippen molar-refractivity contribution in [3.8, 4) is 0 Å². The lowest BCUT2D eigenvalue weighted by Crippen LogP contribution is -2.66. The zero-order valence-corrected chi connectivity index (χ0v) is 24.4. The van der Waals surface area contributed by atoms with Gasteiger partial charge in [-0.2, -0.15) is 0 Å². The Morgan fingerprint density at radius 1 is 0.667 bits per heavy atom. The molecule has 33 heavy (non-hydrogen) atoms. The van der Waals surface area contributed by atoms with Crippen LogP contribution in [0, 0.1) is 0 Å². The Bertz CT molecular complexity index is 439. The molecule has 0 aromatic heterocycles. The third kappa shape index (κ3) is 10.2. The first-order valence-electron chi connectivity index (χ1n) is 13.8. The van der Waals surface area contributed by atoms with Crippen LogP contribution in [0.15, 0.2) is 0 Å². The number of hydrogen-bond acceptors (Lipinski definition) is 6. The standard InChI is InChI=1S/C26H56O6Si/c1-10-18-21-24(9)31-33(17-8,30-16-7)32-25(22-19-11-2,23-20-12-3)26(27-13-4,28-14-5)29-15-6/h24H,10-23H2,1-9H3. The molecule has 0 fully saturated rings. The first-order chi connectivity index (χ1) is 15.8. The molecular weight excluding hydrogens is 436 g/mol. The monoisotopic (exact) mass is 492 g/mol. The Balaban J connectivity index is 6.61. The molecule has 0 saturated carbocycles. The molecule has 6 nitrogen and oxygen atoms in total. The molecule has 0 aliphatic heterocycles. The molecule has 0 heterocycles. The van der Waals surface area contributed by atoms with Gasteiger partial charge in [0.1, 0.15) is 5.60 Å². The van der Waals surface area contributed by atoms with E-state index in [1.165, 1.54) is 0 Å². The molecule has 0 radical (unpaired) electrons. The van der Waals surface area contributed by atoms with Crippen LogP contribution >= 0.6 is 0 Å². The van der Waals surface area contributed by atoms with Gasteiger partial charge in [-0.1, -0.05) is 66.2 Å². The molecule has 7 heteroatoms. The lowest BCUT2D eigenvalue weighted by Gasteiger charge is -2.51. The van der Waals surface area contributed by atoms with E-state index in [-0.39, 0.29) is 6.10 Å². The first-order valence-corrected chi connectivity index (χ1v) is 15.7. The maximum atomic E-state index is 7.21. The highest BCUT2D eigenvalue weighted by molar-refractivity contribution is 6.60. The van der Waals surface area contributed by atoms with Crippen molar-refractivity contribution in [2.75, 3.05) is 26.4 Å². The highest BCUT2D eigenvalue weighted by Gasteiger charge is 2.61. The quantitative estimate of drug-likeness (QED) is 0.109. The first kappa shape index (κ1) is 33.0. The van der Waals surface area contributed by atoms with Gasteiger partial charge in [0.05, 0.1) is 0 Å². The average Bonchev–Trinajstić information content (AvgIpc) is 2.80. The van der Waals surface area contributed by atoms with Crippen LogP contribution in [0.1, 0.15) is 120 Å². The topological polar surface area (TPSA) is 55.4 Å². The summed E-state index contributed by atoms with van der Waals surface area (Å²) in [5.74, 6) is -1.30. The molecule has 0 saturated heterocycles. The Morgan fingerprint density at radius 3 is 1.52 bits per heavy atom. The second-order valence-electron chi connectivity index (χ2n) is 8.70. The van der Waals surface area contributed by atoms with Crippen molar-refractivity contribution >= 4 is 8.80 Å². The van der Waals surface area contributed by atoms with Gasteiger partial charge in [-0.05, 0) is 53.9 Å². The van der Waals surface area contributed by atoms with Crippen molar-refractivity contribution in [2.24, 2.45) is 0 Å². The molecule has 0 amide bonds. The van der Waals surface area contributed by atoms with E-state index in [0.29, 0.717) is 32.5 Å². The summed E-state index contributed by atoms with van der Waals surface area (Å²) < 4.78 is 39.4. The molecule has 0 aromatic carbocycles. The second kappa shape index (κ2) is 18.3. The zero-order chi connectivity index (χ0) is 25.2. The lowest BCUT2D eigenvalue weighted by atomic mass is 9.88. The average molecular weight is 493 g/mol. The molecule has 0 bridgehead atoms. The zero-order valence-electron chi connectivity index (χ0n) is 23.4. The van der Waals surface area contributed by atoms with E-state index in [2.05, 4.69) is 34.6 Å². The fourth-order valence-electron chi connectivity index (χ4n) is 4.33. The Hall–Kier alpha value is -0.0231. The summed E-state index contributed by atoms with van der Waals surface area (Å²) in [5.41, 5.74) is -0.817. The van der Waals surface area contributed by atoms with Gasteiger partial charge < -0.3 is 27.5 Å². The van der Waals surface area contributed by atoms with Crippen molar-refractivity contribution < 1.29 is 27.5 Å². The predicted octanol–water partition coefficient (Wildman–Crippen LogP) is 7.48. The maximum Gasteiger partial charge on any atom is 0.501 e. The highest BCUT2D eigenvalue weighted by Crippen LogP contribution is 2.44. The summed E-state index contributed by atoms with van der Waals surface area (Å²) in [7, 11) is -3.05. The Morgan fingerprint density at radius 2 is 1.15 bits per heavy atom. The van der Waals surface area contributed by atoms with E-state index in [1.54, 1.807) is 0 Å². The molecule has 0 aromatic rings. The fraction of sp³-hybridized carbons (Fsp3) is 1.00. The minimum Gasteiger partial charge on any atom is -0.374 e. The van der Waals surface area contributed by atoms with Crippen molar-refractivity contribution in [1.29, 1.82) is 0 Å². The lowest BCUT2D eigenvalue weighted by molar-refractivity contribution is -0.440. The largest absolute Gasteiger partial charge is 0.501 e. The van der Waals surface area contributed by atoms with Crippen LogP contribution in [0.3, 0.4) is 0 Å². The fourth-order valence-corrected chi connectivity index (χ4v) is 7.12. The second-order valence-corrected chi connectivity index (χ2v) is 11.5. The highest BCUT2D eigenvalue weighted by atomic mass is 28.4. The van der Waals surface area contributed by atoms with Crippen LogP contribution in [-0.4, -0.2) is 52.9 Å². The van der Waals surface area contributed by atoms with Crippen LogP contribution in [0.4, 0.5) is 0 Å². The summed E-state index contributed by atoms with van der Waals surface area (Å²) in [5, 5.41) is 0. The number of rotatable bonds is 23. The molecule has 200 valence electrons. The third-order valence-corrected chi connectivity index (χ3v) is 8.98. The van der Waals surface area contributed by atoms with Crippen molar-refractivity contribution in [3.63, 3.8) is 0 Å². The van der Waals surface area contributed by atoms with Crippen molar-refractivity contribution in [1.82, 2.24) is 0 Å². The summed E-state index contributed by atoms with van der Waals surface area (Å²) in [6.45, 7) is 20.7. The van der Waals surface area contributed by atoms with E-state index in [9.17, 15) is 0 Å². The Kier molecular flexibility index (Phi) is 18.3. The SMILES string of the molecule is CCCCC(C)O[Si](CC)(OCC)OC(CCCC)(CCCC)C(OCC)(OCC)OCC. The predicted molar refractivity (Wildman–Crippen MR) is 138 cm³/mol. The Labute approximate surface area is 206 Å². The molecule has 0 spiro atoms. The molecular formula is C26H56O6Si. The molecule has 0 N–H and O–H groups in total. The molecule has 0 aliphatic carbocycles. The van der Waals surface area contributed by atoms with E-state index >= 15 is 0 Å². The van der Waals surface area contributed by atoms with Crippen LogP contribution in [0.2, 0.25) is 6.04 Å². The van der Waals surface area contributed by atoms with Gasteiger partial charge in [-0.3, -0.25) is 0 Å². The van der Waals surface area contributed by atoms with Gasteiger partial charge in [0, 0.05) is 38.6 Å². The van der Waals surface area contributed by atoms with E-state index in [1.807, 2.05) is 27.7 Å². The normalized spacial score (nSPS) is 15.5. The molecule has 2 unspecified atom stereocenters. The van der Waals surface area contributed by atoms with Crippen LogP contribution in [0.5, 0.6) is 0 Å². The van der Waals surface area contributed by atoms with E-state index in [4.69, 9.17) is 27.5 Å². The van der Waals surface area contributed by atoms with Crippen LogP contribution < -0.4 is 0 Å². The number of unbranched alkanes of at least 4 members (excludes halogenated alkanes) is 3. The minimum absolute atomic E-state index is 0.0684. The smallest absolute Gasteiger partial charge is 0.374 e. The van der Waals surface area contributed by atoms with E-state index in [0.717, 1.165) is 57.8 Å². The molecule has 0 rings (SSSR count). The third-order valence-electron chi connectivity index (χ3n) is 5.92. The minimum atomic E-state index is -3.05. The van der Waals surface area contributed by atoms with Gasteiger partial charge in [-0.25, -0.2) is 0 Å². The summed E-state index contributed by atoms with van der Waals surface area (Å²) in [4.78, 5) is 0. The van der Waals surface area contributed by atoms with Gasteiger partial charge in [0.2, 0.25) is 0 Å². The molecule has 2 atom stereocenters.